The van der Waals surface area contributed by atoms with Crippen molar-refractivity contribution in [1.82, 2.24) is 4.90 Å². The van der Waals surface area contributed by atoms with Crippen molar-refractivity contribution in [3.63, 3.8) is 0 Å². The predicted molar refractivity (Wildman–Crippen MR) is 73.6 cm³/mol. The Morgan fingerprint density at radius 2 is 2.10 bits per heavy atom. The number of halogens is 1. The zero-order valence-electron chi connectivity index (χ0n) is 11.6. The van der Waals surface area contributed by atoms with Crippen LogP contribution in [0.1, 0.15) is 31.2 Å². The lowest BCUT2D eigenvalue weighted by atomic mass is 10.0. The number of amides is 1. The maximum Gasteiger partial charge on any atom is 0.226 e. The summed E-state index contributed by atoms with van der Waals surface area (Å²) in [5, 5.41) is 9.59. The Labute approximate surface area is 118 Å². The second-order valence-corrected chi connectivity index (χ2v) is 6.07. The minimum absolute atomic E-state index is 0.0493. The number of aliphatic hydroxyl groups excluding tert-OH is 1. The van der Waals surface area contributed by atoms with Crippen molar-refractivity contribution in [2.45, 2.75) is 31.8 Å². The Morgan fingerprint density at radius 3 is 2.70 bits per heavy atom. The fraction of sp³-hybridized carbons (Fsp3) is 0.562. The van der Waals surface area contributed by atoms with E-state index < -0.39 is 0 Å². The second kappa shape index (κ2) is 5.17. The Hall–Kier alpha value is -1.42. The molecule has 0 aromatic heterocycles. The van der Waals surface area contributed by atoms with Crippen LogP contribution < -0.4 is 0 Å². The highest BCUT2D eigenvalue weighted by atomic mass is 19.1. The average molecular weight is 277 g/mol. The van der Waals surface area contributed by atoms with Gasteiger partial charge in [-0.1, -0.05) is 12.1 Å². The summed E-state index contributed by atoms with van der Waals surface area (Å²) in [5.41, 5.74) is 1.05. The highest BCUT2D eigenvalue weighted by Gasteiger charge is 2.46. The van der Waals surface area contributed by atoms with Crippen LogP contribution in [0.5, 0.6) is 0 Å². The maximum atomic E-state index is 12.9. The molecule has 0 radical (unpaired) electrons. The molecule has 108 valence electrons. The van der Waals surface area contributed by atoms with Crippen LogP contribution in [0.15, 0.2) is 24.3 Å². The summed E-state index contributed by atoms with van der Waals surface area (Å²) in [6.45, 7) is 3.21. The molecule has 20 heavy (non-hydrogen) atoms. The highest BCUT2D eigenvalue weighted by Crippen LogP contribution is 2.48. The molecular formula is C16H20FNO2. The summed E-state index contributed by atoms with van der Waals surface area (Å²) in [4.78, 5) is 14.3. The third kappa shape index (κ3) is 2.57. The van der Waals surface area contributed by atoms with E-state index in [9.17, 15) is 14.3 Å². The highest BCUT2D eigenvalue weighted by molar-refractivity contribution is 5.83. The molecule has 1 aromatic rings. The molecule has 2 fully saturated rings. The van der Waals surface area contributed by atoms with E-state index in [1.807, 2.05) is 4.90 Å². The molecule has 3 nitrogen and oxygen atoms in total. The van der Waals surface area contributed by atoms with Gasteiger partial charge in [0.2, 0.25) is 5.91 Å². The molecule has 3 rings (SSSR count). The van der Waals surface area contributed by atoms with E-state index in [0.29, 0.717) is 6.54 Å². The van der Waals surface area contributed by atoms with E-state index in [1.165, 1.54) is 12.1 Å². The molecule has 1 aliphatic heterocycles. The van der Waals surface area contributed by atoms with Crippen LogP contribution in [0.2, 0.25) is 0 Å². The number of likely N-dealkylation sites (tertiary alicyclic amines) is 1. The van der Waals surface area contributed by atoms with Gasteiger partial charge in [0, 0.05) is 24.9 Å². The molecule has 2 aliphatic rings. The summed E-state index contributed by atoms with van der Waals surface area (Å²) < 4.78 is 12.9. The lowest BCUT2D eigenvalue weighted by Crippen LogP contribution is -2.31. The van der Waals surface area contributed by atoms with Crippen LogP contribution in [0, 0.1) is 17.7 Å². The molecule has 1 saturated carbocycles. The number of benzene rings is 1. The fourth-order valence-corrected chi connectivity index (χ4v) is 3.16. The summed E-state index contributed by atoms with van der Waals surface area (Å²) in [6.07, 6.45) is 1.40. The first-order valence-electron chi connectivity index (χ1n) is 7.28. The number of hydrogen-bond donors (Lipinski definition) is 1. The lowest BCUT2D eigenvalue weighted by Gasteiger charge is -2.17. The van der Waals surface area contributed by atoms with Crippen LogP contribution >= 0.6 is 0 Å². The predicted octanol–water partition coefficient (Wildman–Crippen LogP) is 2.16. The van der Waals surface area contributed by atoms with E-state index in [4.69, 9.17) is 0 Å². The number of aliphatic hydroxyl groups is 1. The molecule has 4 heteroatoms. The molecule has 1 N–H and O–H groups in total. The van der Waals surface area contributed by atoms with E-state index in [2.05, 4.69) is 0 Å². The normalized spacial score (nSPS) is 30.4. The molecular weight excluding hydrogens is 257 g/mol. The summed E-state index contributed by atoms with van der Waals surface area (Å²) in [5.74, 6) is 0.461. The topological polar surface area (TPSA) is 40.5 Å². The van der Waals surface area contributed by atoms with E-state index in [1.54, 1.807) is 19.1 Å². The van der Waals surface area contributed by atoms with Crippen molar-refractivity contribution < 1.29 is 14.3 Å². The van der Waals surface area contributed by atoms with Crippen molar-refractivity contribution in [3.05, 3.63) is 35.6 Å². The first kappa shape index (κ1) is 13.6. The fourth-order valence-electron chi connectivity index (χ4n) is 3.16. The van der Waals surface area contributed by atoms with Crippen LogP contribution in [-0.2, 0) is 4.79 Å². The van der Waals surface area contributed by atoms with Gasteiger partial charge in [0.05, 0.1) is 6.10 Å². The van der Waals surface area contributed by atoms with Gasteiger partial charge >= 0.3 is 0 Å². The van der Waals surface area contributed by atoms with Crippen molar-refractivity contribution in [3.8, 4) is 0 Å². The second-order valence-electron chi connectivity index (χ2n) is 6.07. The molecule has 0 bridgehead atoms. The number of nitrogens with zero attached hydrogens (tertiary/aromatic N) is 1. The van der Waals surface area contributed by atoms with E-state index >= 15 is 0 Å². The minimum atomic E-state index is -0.347. The van der Waals surface area contributed by atoms with Crippen LogP contribution in [0.25, 0.3) is 0 Å². The van der Waals surface area contributed by atoms with Crippen LogP contribution in [0.3, 0.4) is 0 Å². The number of rotatable bonds is 3. The maximum absolute atomic E-state index is 12.9. The third-order valence-corrected chi connectivity index (χ3v) is 4.62. The van der Waals surface area contributed by atoms with Gasteiger partial charge < -0.3 is 10.0 Å². The van der Waals surface area contributed by atoms with Gasteiger partial charge in [-0.3, -0.25) is 4.79 Å². The SMILES string of the molecule is CC(O)C1CCN(C(=O)C2CC2c2ccc(F)cc2)C1. The van der Waals surface area contributed by atoms with Crippen LogP contribution in [-0.4, -0.2) is 35.1 Å². The van der Waals surface area contributed by atoms with Crippen molar-refractivity contribution >= 4 is 5.91 Å². The van der Waals surface area contributed by atoms with Gasteiger partial charge in [-0.25, -0.2) is 4.39 Å². The van der Waals surface area contributed by atoms with Gasteiger partial charge in [-0.15, -0.1) is 0 Å². The Kier molecular flexibility index (Phi) is 3.50. The third-order valence-electron chi connectivity index (χ3n) is 4.62. The molecule has 1 aromatic carbocycles. The summed E-state index contributed by atoms with van der Waals surface area (Å²) in [6, 6.07) is 6.45. The van der Waals surface area contributed by atoms with Crippen molar-refractivity contribution in [1.29, 1.82) is 0 Å². The van der Waals surface area contributed by atoms with Gasteiger partial charge in [0.1, 0.15) is 5.82 Å². The van der Waals surface area contributed by atoms with E-state index in [0.717, 1.165) is 24.9 Å². The first-order valence-corrected chi connectivity index (χ1v) is 7.28. The largest absolute Gasteiger partial charge is 0.393 e. The molecule has 0 spiro atoms. The van der Waals surface area contributed by atoms with Crippen molar-refractivity contribution in [2.24, 2.45) is 11.8 Å². The number of carbonyl (C=O) groups excluding carboxylic acids is 1. The van der Waals surface area contributed by atoms with Gasteiger partial charge in [-0.05, 0) is 43.4 Å². The average Bonchev–Trinajstić information content (AvgIpc) is 3.06. The first-order chi connectivity index (χ1) is 9.56. The van der Waals surface area contributed by atoms with Gasteiger partial charge in [0.15, 0.2) is 0 Å². The molecule has 4 atom stereocenters. The zero-order valence-corrected chi connectivity index (χ0v) is 11.6. The Bertz CT molecular complexity index is 500. The molecule has 1 saturated heterocycles. The molecule has 1 amide bonds. The Morgan fingerprint density at radius 1 is 1.40 bits per heavy atom. The van der Waals surface area contributed by atoms with Gasteiger partial charge in [0.25, 0.3) is 0 Å². The minimum Gasteiger partial charge on any atom is -0.393 e. The van der Waals surface area contributed by atoms with Crippen molar-refractivity contribution in [2.75, 3.05) is 13.1 Å². The molecule has 1 heterocycles. The van der Waals surface area contributed by atoms with Crippen LogP contribution in [0.4, 0.5) is 4.39 Å². The number of hydrogen-bond acceptors (Lipinski definition) is 2. The van der Waals surface area contributed by atoms with E-state index in [-0.39, 0.29) is 35.6 Å². The zero-order chi connectivity index (χ0) is 14.3. The standard InChI is InChI=1S/C16H20FNO2/c1-10(19)12-6-7-18(9-12)16(20)15-8-14(15)11-2-4-13(17)5-3-11/h2-5,10,12,14-15,19H,6-9H2,1H3. The molecule has 4 unspecified atom stereocenters. The Balaban J connectivity index is 1.59. The van der Waals surface area contributed by atoms with Gasteiger partial charge in [-0.2, -0.15) is 0 Å². The monoisotopic (exact) mass is 277 g/mol. The quantitative estimate of drug-likeness (QED) is 0.919. The smallest absolute Gasteiger partial charge is 0.226 e. The lowest BCUT2D eigenvalue weighted by molar-refractivity contribution is -0.131. The molecule has 1 aliphatic carbocycles. The number of carbonyl (C=O) groups is 1. The summed E-state index contributed by atoms with van der Waals surface area (Å²) >= 11 is 0. The summed E-state index contributed by atoms with van der Waals surface area (Å²) in [7, 11) is 0.